The molecule has 112 valence electrons. The van der Waals surface area contributed by atoms with E-state index in [1.54, 1.807) is 14.2 Å². The Labute approximate surface area is 119 Å². The molecule has 5 heteroatoms. The van der Waals surface area contributed by atoms with Gasteiger partial charge in [-0.25, -0.2) is 0 Å². The first-order chi connectivity index (χ1) is 9.33. The lowest BCUT2D eigenvalue weighted by Crippen LogP contribution is -2.20. The number of methoxy groups -OCH3 is 2. The van der Waals surface area contributed by atoms with Crippen molar-refractivity contribution in [3.8, 4) is 0 Å². The highest BCUT2D eigenvalue weighted by Crippen LogP contribution is 2.40. The van der Waals surface area contributed by atoms with Gasteiger partial charge in [0.2, 0.25) is 0 Å². The molecular weight excluding hydrogens is 260 g/mol. The molecule has 4 nitrogen and oxygen atoms in total. The predicted molar refractivity (Wildman–Crippen MR) is 77.4 cm³/mol. The highest BCUT2D eigenvalue weighted by atomic mass is 28.2. The molecule has 0 radical (unpaired) electrons. The molecule has 0 aromatic rings. The lowest BCUT2D eigenvalue weighted by Gasteiger charge is -2.18. The second-order valence-electron chi connectivity index (χ2n) is 5.72. The number of rotatable bonds is 10. The Hall–Kier alpha value is 0.0569. The first kappa shape index (κ1) is 15.4. The van der Waals surface area contributed by atoms with Gasteiger partial charge in [0, 0.05) is 30.3 Å². The summed E-state index contributed by atoms with van der Waals surface area (Å²) in [5.41, 5.74) is 0. The Balaban J connectivity index is 1.38. The summed E-state index contributed by atoms with van der Waals surface area (Å²) in [5.74, 6) is 0.948. The van der Waals surface area contributed by atoms with Gasteiger partial charge in [-0.05, 0) is 31.2 Å². The van der Waals surface area contributed by atoms with Crippen LogP contribution in [0.4, 0.5) is 0 Å². The summed E-state index contributed by atoms with van der Waals surface area (Å²) in [6.07, 6.45) is 6.55. The summed E-state index contributed by atoms with van der Waals surface area (Å²) in [5, 5.41) is 0. The molecule has 2 fully saturated rings. The van der Waals surface area contributed by atoms with Gasteiger partial charge in [-0.15, -0.1) is 0 Å². The third kappa shape index (κ3) is 5.51. The summed E-state index contributed by atoms with van der Waals surface area (Å²) in [6.45, 7) is 1.42. The number of hydrogen-bond acceptors (Lipinski definition) is 4. The van der Waals surface area contributed by atoms with Crippen LogP contribution in [0.3, 0.4) is 0 Å². The molecule has 0 aromatic carbocycles. The molecule has 1 heterocycles. The number of fused-ring (bicyclic) bond motifs is 1. The summed E-state index contributed by atoms with van der Waals surface area (Å²) < 4.78 is 21.3. The first-order valence-corrected chi connectivity index (χ1v) is 9.62. The minimum absolute atomic E-state index is 0.0581. The fraction of sp³-hybridized carbons (Fsp3) is 1.00. The molecule has 0 bridgehead atoms. The zero-order chi connectivity index (χ0) is 13.5. The van der Waals surface area contributed by atoms with Crippen LogP contribution in [0.2, 0.25) is 12.1 Å². The molecule has 3 atom stereocenters. The molecule has 3 unspecified atom stereocenters. The molecular formula is C14H28O4Si. The highest BCUT2D eigenvalue weighted by Gasteiger charge is 2.43. The number of hydrogen-bond donors (Lipinski definition) is 0. The number of ether oxygens (including phenoxy) is 4. The summed E-state index contributed by atoms with van der Waals surface area (Å²) in [4.78, 5) is 0. The molecule has 0 spiro atoms. The molecule has 2 aliphatic rings. The predicted octanol–water partition coefficient (Wildman–Crippen LogP) is 1.58. The lowest BCUT2D eigenvalue weighted by molar-refractivity contribution is -0.139. The van der Waals surface area contributed by atoms with Gasteiger partial charge in [0.25, 0.3) is 0 Å². The molecule has 1 saturated carbocycles. The van der Waals surface area contributed by atoms with E-state index in [4.69, 9.17) is 18.9 Å². The SMILES string of the molecule is COC(COCC[SiH2]CCC1CCC2OC2C1)OC. The maximum absolute atomic E-state index is 5.58. The van der Waals surface area contributed by atoms with E-state index in [1.165, 1.54) is 37.8 Å². The molecule has 1 aliphatic heterocycles. The second kappa shape index (κ2) is 8.37. The fourth-order valence-corrected chi connectivity index (χ4v) is 4.60. The Morgan fingerprint density at radius 2 is 2.00 bits per heavy atom. The molecule has 19 heavy (non-hydrogen) atoms. The van der Waals surface area contributed by atoms with Gasteiger partial charge in [0.1, 0.15) is 0 Å². The van der Waals surface area contributed by atoms with Crippen LogP contribution < -0.4 is 0 Å². The van der Waals surface area contributed by atoms with E-state index < -0.39 is 0 Å². The average molecular weight is 288 g/mol. The Morgan fingerprint density at radius 3 is 2.74 bits per heavy atom. The first-order valence-electron chi connectivity index (χ1n) is 7.62. The summed E-state index contributed by atoms with van der Waals surface area (Å²) in [7, 11) is 3.34. The monoisotopic (exact) mass is 288 g/mol. The van der Waals surface area contributed by atoms with Crippen LogP contribution in [-0.4, -0.2) is 55.5 Å². The third-order valence-electron chi connectivity index (χ3n) is 4.29. The number of epoxide rings is 1. The molecule has 0 aromatic heterocycles. The van der Waals surface area contributed by atoms with E-state index >= 15 is 0 Å². The zero-order valence-electron chi connectivity index (χ0n) is 12.3. The van der Waals surface area contributed by atoms with Crippen LogP contribution in [0.5, 0.6) is 0 Å². The summed E-state index contributed by atoms with van der Waals surface area (Å²) >= 11 is 0. The average Bonchev–Trinajstić information content (AvgIpc) is 3.20. The molecule has 0 amide bonds. The van der Waals surface area contributed by atoms with Gasteiger partial charge in [-0.2, -0.15) is 0 Å². The van der Waals surface area contributed by atoms with Crippen molar-refractivity contribution in [1.29, 1.82) is 0 Å². The van der Waals surface area contributed by atoms with E-state index in [-0.39, 0.29) is 15.8 Å². The fourth-order valence-electron chi connectivity index (χ4n) is 2.97. The van der Waals surface area contributed by atoms with Crippen molar-refractivity contribution in [3.63, 3.8) is 0 Å². The van der Waals surface area contributed by atoms with Crippen molar-refractivity contribution in [2.45, 2.75) is 56.3 Å². The Kier molecular flexibility index (Phi) is 6.80. The molecule has 2 rings (SSSR count). The van der Waals surface area contributed by atoms with Crippen LogP contribution in [0, 0.1) is 5.92 Å². The Bertz CT molecular complexity index is 248. The van der Waals surface area contributed by atoms with Crippen molar-refractivity contribution >= 4 is 9.52 Å². The Morgan fingerprint density at radius 1 is 1.16 bits per heavy atom. The maximum Gasteiger partial charge on any atom is 0.180 e. The summed E-state index contributed by atoms with van der Waals surface area (Å²) in [6, 6.07) is 2.73. The second-order valence-corrected chi connectivity index (χ2v) is 7.84. The van der Waals surface area contributed by atoms with Crippen LogP contribution >= 0.6 is 0 Å². The van der Waals surface area contributed by atoms with E-state index in [0.717, 1.165) is 12.5 Å². The van der Waals surface area contributed by atoms with Gasteiger partial charge in [-0.1, -0.05) is 12.5 Å². The highest BCUT2D eigenvalue weighted by molar-refractivity contribution is 6.35. The maximum atomic E-state index is 5.58. The van der Waals surface area contributed by atoms with Crippen molar-refractivity contribution in [1.82, 2.24) is 0 Å². The van der Waals surface area contributed by atoms with Crippen LogP contribution in [-0.2, 0) is 18.9 Å². The topological polar surface area (TPSA) is 40.2 Å². The minimum atomic E-state index is -0.213. The van der Waals surface area contributed by atoms with Crippen LogP contribution in [0.15, 0.2) is 0 Å². The van der Waals surface area contributed by atoms with Crippen molar-refractivity contribution in [2.24, 2.45) is 5.92 Å². The standard InChI is InChI=1S/C14H28O4Si/c1-15-14(16-2)10-17-6-8-19-7-5-11-3-4-12-13(9-11)18-12/h11-14H,3-10,19H2,1-2H3. The van der Waals surface area contributed by atoms with Gasteiger partial charge >= 0.3 is 0 Å². The smallest absolute Gasteiger partial charge is 0.180 e. The van der Waals surface area contributed by atoms with Gasteiger partial charge in [0.05, 0.1) is 18.8 Å². The van der Waals surface area contributed by atoms with E-state index in [9.17, 15) is 0 Å². The molecule has 1 aliphatic carbocycles. The zero-order valence-corrected chi connectivity index (χ0v) is 13.7. The largest absolute Gasteiger partial charge is 0.376 e. The van der Waals surface area contributed by atoms with E-state index in [0.29, 0.717) is 18.8 Å². The van der Waals surface area contributed by atoms with Crippen LogP contribution in [0.1, 0.15) is 25.7 Å². The van der Waals surface area contributed by atoms with Crippen molar-refractivity contribution < 1.29 is 18.9 Å². The third-order valence-corrected chi connectivity index (χ3v) is 5.99. The van der Waals surface area contributed by atoms with Gasteiger partial charge in [0.15, 0.2) is 6.29 Å². The molecule has 0 N–H and O–H groups in total. The quantitative estimate of drug-likeness (QED) is 0.265. The van der Waals surface area contributed by atoms with Crippen LogP contribution in [0.25, 0.3) is 0 Å². The minimum Gasteiger partial charge on any atom is -0.376 e. The van der Waals surface area contributed by atoms with Crippen molar-refractivity contribution in [3.05, 3.63) is 0 Å². The molecule has 1 saturated heterocycles. The van der Waals surface area contributed by atoms with E-state index in [2.05, 4.69) is 0 Å². The van der Waals surface area contributed by atoms with Gasteiger partial charge < -0.3 is 18.9 Å². The lowest BCUT2D eigenvalue weighted by atomic mass is 9.88. The normalized spacial score (nSPS) is 30.2. The van der Waals surface area contributed by atoms with Gasteiger partial charge in [-0.3, -0.25) is 0 Å². The van der Waals surface area contributed by atoms with E-state index in [1.807, 2.05) is 0 Å². The van der Waals surface area contributed by atoms with Crippen molar-refractivity contribution in [2.75, 3.05) is 27.4 Å².